The van der Waals surface area contributed by atoms with Gasteiger partial charge in [0.2, 0.25) is 0 Å². The fourth-order valence-corrected chi connectivity index (χ4v) is 9.47. The van der Waals surface area contributed by atoms with Crippen LogP contribution >= 0.6 is 0 Å². The first-order valence-electron chi connectivity index (χ1n) is 24.6. The Kier molecular flexibility index (Phi) is 12.6. The molecule has 6 nitrogen and oxygen atoms in total. The Hall–Kier alpha value is -10.0. The van der Waals surface area contributed by atoms with Crippen molar-refractivity contribution < 1.29 is 0 Å². The van der Waals surface area contributed by atoms with E-state index < -0.39 is 0 Å². The van der Waals surface area contributed by atoms with E-state index in [1.165, 1.54) is 0 Å². The molecule has 6 heterocycles. The Labute approximate surface area is 430 Å². The van der Waals surface area contributed by atoms with Crippen molar-refractivity contribution in [1.29, 1.82) is 0 Å². The van der Waals surface area contributed by atoms with Gasteiger partial charge in [-0.15, -0.1) is 0 Å². The van der Waals surface area contributed by atoms with Gasteiger partial charge in [-0.3, -0.25) is 19.9 Å². The normalized spacial score (nSPS) is 11.5. The molecule has 0 aliphatic rings. The Balaban J connectivity index is 0.866. The highest BCUT2D eigenvalue weighted by Crippen LogP contribution is 2.39. The lowest BCUT2D eigenvalue weighted by Crippen LogP contribution is -1.98. The predicted octanol–water partition coefficient (Wildman–Crippen LogP) is 16.4. The minimum Gasteiger partial charge on any atom is -0.255 e. The molecule has 0 saturated carbocycles. The van der Waals surface area contributed by atoms with Gasteiger partial charge in [0.05, 0.1) is 45.6 Å². The first-order chi connectivity index (χ1) is 36.7. The van der Waals surface area contributed by atoms with Crippen LogP contribution in [0, 0.1) is 0 Å². The van der Waals surface area contributed by atoms with Crippen LogP contribution in [0.1, 0.15) is 22.3 Å². The number of rotatable bonds is 12. The molecular weight excluding hydrogens is 901 g/mol. The summed E-state index contributed by atoms with van der Waals surface area (Å²) in [5.74, 6) is 0. The molecule has 12 rings (SSSR count). The highest BCUT2D eigenvalue weighted by Gasteiger charge is 2.18. The molecule has 0 fully saturated rings. The molecule has 0 amide bonds. The largest absolute Gasteiger partial charge is 0.255 e. The summed E-state index contributed by atoms with van der Waals surface area (Å²) in [5, 5.41) is 0. The predicted molar refractivity (Wildman–Crippen MR) is 301 cm³/mol. The zero-order chi connectivity index (χ0) is 49.5. The maximum atomic E-state index is 4.97. The van der Waals surface area contributed by atoms with E-state index in [0.29, 0.717) is 0 Å². The van der Waals surface area contributed by atoms with Crippen LogP contribution in [0.25, 0.3) is 101 Å². The summed E-state index contributed by atoms with van der Waals surface area (Å²) in [7, 11) is 0. The second-order valence-electron chi connectivity index (χ2n) is 17.9. The summed E-state index contributed by atoms with van der Waals surface area (Å²) < 4.78 is 0. The van der Waals surface area contributed by atoms with Crippen LogP contribution in [0.15, 0.2) is 280 Å². The van der Waals surface area contributed by atoms with E-state index in [9.17, 15) is 0 Å². The molecular formula is C68H46N6. The monoisotopic (exact) mass is 946 g/mol. The van der Waals surface area contributed by atoms with Crippen molar-refractivity contribution in [2.24, 2.45) is 0 Å². The molecule has 0 atom stereocenters. The maximum absolute atomic E-state index is 4.97. The van der Waals surface area contributed by atoms with Crippen molar-refractivity contribution in [3.8, 4) is 90.1 Å². The third kappa shape index (κ3) is 9.71. The van der Waals surface area contributed by atoms with Gasteiger partial charge in [-0.05, 0) is 151 Å². The molecule has 0 aliphatic heterocycles. The van der Waals surface area contributed by atoms with Gasteiger partial charge in [-0.1, -0.05) is 182 Å². The second kappa shape index (κ2) is 20.7. The average Bonchev–Trinajstić information content (AvgIpc) is 3.50. The summed E-state index contributed by atoms with van der Waals surface area (Å²) in [6, 6.07) is 89.0. The van der Waals surface area contributed by atoms with Gasteiger partial charge in [-0.2, -0.15) is 0 Å². The molecule has 0 saturated heterocycles. The number of nitrogens with zero attached hydrogens (tertiary/aromatic N) is 6. The smallest absolute Gasteiger partial charge is 0.0900 e. The molecule has 0 spiro atoms. The highest BCUT2D eigenvalue weighted by atomic mass is 14.8. The summed E-state index contributed by atoms with van der Waals surface area (Å²) in [6.45, 7) is 0. The lowest BCUT2D eigenvalue weighted by atomic mass is 9.85. The average molecular weight is 947 g/mol. The van der Waals surface area contributed by atoms with E-state index in [0.717, 1.165) is 123 Å². The molecule has 0 radical (unpaired) electrons. The lowest BCUT2D eigenvalue weighted by molar-refractivity contribution is 1.22. The standard InChI is InChI=1S/C68H46N6/c1-3-15-53(16-4-1)67(55-35-31-49(32-36-55)47-23-27-51(28-24-47)57-43-63(59-19-7-11-39-69-59)73-64(44-57)60-20-8-12-40-70-60)68(54-17-5-2-6-18-54)56-37-33-50(34-38-56)48-25-29-52(30-26-48)58-45-65(61-21-9-13-41-71-61)74-66(46-58)62-22-10-14-42-72-62/h1-46H/b68-67+. The van der Waals surface area contributed by atoms with Crippen molar-refractivity contribution in [3.63, 3.8) is 0 Å². The van der Waals surface area contributed by atoms with Gasteiger partial charge in [0.1, 0.15) is 0 Å². The molecule has 6 aromatic heterocycles. The molecule has 0 unspecified atom stereocenters. The number of hydrogen-bond acceptors (Lipinski definition) is 6. The van der Waals surface area contributed by atoms with E-state index >= 15 is 0 Å². The molecule has 74 heavy (non-hydrogen) atoms. The minimum atomic E-state index is 0.802. The van der Waals surface area contributed by atoms with Crippen LogP contribution in [-0.4, -0.2) is 29.9 Å². The van der Waals surface area contributed by atoms with E-state index in [4.69, 9.17) is 9.97 Å². The lowest BCUT2D eigenvalue weighted by Gasteiger charge is -2.19. The molecule has 6 heteroatoms. The van der Waals surface area contributed by atoms with Crippen molar-refractivity contribution in [2.45, 2.75) is 0 Å². The Morgan fingerprint density at radius 2 is 0.419 bits per heavy atom. The third-order valence-electron chi connectivity index (χ3n) is 13.2. The Bertz CT molecular complexity index is 3480. The van der Waals surface area contributed by atoms with Crippen LogP contribution in [0.5, 0.6) is 0 Å². The zero-order valence-electron chi connectivity index (χ0n) is 40.2. The highest BCUT2D eigenvalue weighted by molar-refractivity contribution is 6.05. The molecule has 12 aromatic rings. The maximum Gasteiger partial charge on any atom is 0.0900 e. The minimum absolute atomic E-state index is 0.802. The summed E-state index contributed by atoms with van der Waals surface area (Å²) in [6.07, 6.45) is 7.20. The van der Waals surface area contributed by atoms with Gasteiger partial charge in [0.15, 0.2) is 0 Å². The first-order valence-corrected chi connectivity index (χ1v) is 24.6. The molecule has 6 aromatic carbocycles. The van der Waals surface area contributed by atoms with Crippen molar-refractivity contribution >= 4 is 11.1 Å². The van der Waals surface area contributed by atoms with Crippen LogP contribution in [0.4, 0.5) is 0 Å². The van der Waals surface area contributed by atoms with Crippen molar-refractivity contribution in [3.05, 3.63) is 302 Å². The van der Waals surface area contributed by atoms with Crippen LogP contribution in [0.2, 0.25) is 0 Å². The third-order valence-corrected chi connectivity index (χ3v) is 13.2. The number of aromatic nitrogens is 6. The van der Waals surface area contributed by atoms with Gasteiger partial charge in [0.25, 0.3) is 0 Å². The molecule has 0 aliphatic carbocycles. The fraction of sp³-hybridized carbons (Fsp3) is 0. The SMILES string of the molecule is c1ccc(/C(=C(/c2ccccc2)c2ccc(-c3ccc(-c4cc(-c5ccccn5)nc(-c5ccccn5)c4)cc3)cc2)c2ccc(-c3ccc(-c4cc(-c5ccccn5)nc(-c5ccccn5)c4)cc3)cc2)cc1. The second-order valence-corrected chi connectivity index (χ2v) is 17.9. The first kappa shape index (κ1) is 45.1. The van der Waals surface area contributed by atoms with Crippen LogP contribution in [-0.2, 0) is 0 Å². The topological polar surface area (TPSA) is 77.3 Å². The summed E-state index contributed by atoms with van der Waals surface area (Å²) in [4.78, 5) is 28.4. The van der Waals surface area contributed by atoms with Crippen molar-refractivity contribution in [2.75, 3.05) is 0 Å². The Morgan fingerprint density at radius 1 is 0.189 bits per heavy atom. The summed E-state index contributed by atoms with van der Waals surface area (Å²) >= 11 is 0. The zero-order valence-corrected chi connectivity index (χ0v) is 40.2. The molecule has 348 valence electrons. The fourth-order valence-electron chi connectivity index (χ4n) is 9.47. The van der Waals surface area contributed by atoms with Crippen molar-refractivity contribution in [1.82, 2.24) is 29.9 Å². The van der Waals surface area contributed by atoms with Gasteiger partial charge in [-0.25, -0.2) is 9.97 Å². The van der Waals surface area contributed by atoms with E-state index in [1.807, 2.05) is 72.8 Å². The molecule has 0 bridgehead atoms. The number of benzene rings is 6. The number of pyridine rings is 6. The van der Waals surface area contributed by atoms with E-state index in [1.54, 1.807) is 24.8 Å². The van der Waals surface area contributed by atoms with Crippen LogP contribution < -0.4 is 0 Å². The van der Waals surface area contributed by atoms with Crippen LogP contribution in [0.3, 0.4) is 0 Å². The summed E-state index contributed by atoms with van der Waals surface area (Å²) in [5.41, 5.74) is 22.1. The number of hydrogen-bond donors (Lipinski definition) is 0. The Morgan fingerprint density at radius 3 is 0.676 bits per heavy atom. The van der Waals surface area contributed by atoms with Gasteiger partial charge in [0, 0.05) is 24.8 Å². The van der Waals surface area contributed by atoms with Gasteiger partial charge < -0.3 is 0 Å². The van der Waals surface area contributed by atoms with E-state index in [2.05, 4.69) is 202 Å². The van der Waals surface area contributed by atoms with E-state index in [-0.39, 0.29) is 0 Å². The van der Waals surface area contributed by atoms with Gasteiger partial charge >= 0.3 is 0 Å². The molecule has 0 N–H and O–H groups in total. The quantitative estimate of drug-likeness (QED) is 0.114.